The summed E-state index contributed by atoms with van der Waals surface area (Å²) in [5, 5.41) is 3.30. The highest BCUT2D eigenvalue weighted by Crippen LogP contribution is 2.07. The Morgan fingerprint density at radius 3 is 1.86 bits per heavy atom. The van der Waals surface area contributed by atoms with Gasteiger partial charge < -0.3 is 4.74 Å². The quantitative estimate of drug-likeness (QED) is 0.167. The summed E-state index contributed by atoms with van der Waals surface area (Å²) in [6.45, 7) is 3.58. The highest BCUT2D eigenvalue weighted by molar-refractivity contribution is 8.01. The highest BCUT2D eigenvalue weighted by atomic mass is 16.5. The van der Waals surface area contributed by atoms with Crippen LogP contribution < -0.4 is 0 Å². The van der Waals surface area contributed by atoms with Crippen LogP contribution >= 0.6 is 0 Å². The Hall–Kier alpha value is -0.506. The van der Waals surface area contributed by atoms with Crippen LogP contribution in [0.1, 0.15) is 13.8 Å². The second kappa shape index (κ2) is 13.0. The van der Waals surface area contributed by atoms with Crippen LogP contribution in [0.25, 0.3) is 10.4 Å². The van der Waals surface area contributed by atoms with Crippen molar-refractivity contribution in [3.63, 3.8) is 0 Å². The molecule has 0 unspecified atom stereocenters. The molecule has 0 aromatic heterocycles. The van der Waals surface area contributed by atoms with Gasteiger partial charge in [0.2, 0.25) is 0 Å². The Morgan fingerprint density at radius 1 is 1.23 bits per heavy atom. The first-order valence-corrected chi connectivity index (χ1v) is 6.58. The number of carbonyl (C=O) groups is 1. The Kier molecular flexibility index (Phi) is 14.0. The number of carbonyl (C=O) groups excluding carboxylic acids is 1. The SMILES string of the molecule is COC(=O)[C@H](N=[N+]=[N-])C(C)C.[B][B]B([B])B(B([B])[B])B([B])[B]. The molecule has 0 saturated carbocycles. The lowest BCUT2D eigenvalue weighted by atomic mass is 8.56. The van der Waals surface area contributed by atoms with E-state index >= 15 is 0 Å². The molecule has 0 saturated heterocycles. The van der Waals surface area contributed by atoms with Crippen LogP contribution in [0.5, 0.6) is 0 Å². The van der Waals surface area contributed by atoms with Gasteiger partial charge in [-0.15, -0.1) is 0 Å². The molecule has 1 atom stereocenters. The van der Waals surface area contributed by atoms with Crippen molar-refractivity contribution in [1.82, 2.24) is 0 Å². The van der Waals surface area contributed by atoms with Gasteiger partial charge in [0.05, 0.1) is 7.11 Å². The predicted molar refractivity (Wildman–Crippen MR) is 103 cm³/mol. The van der Waals surface area contributed by atoms with Crippen LogP contribution in [-0.2, 0) is 9.53 Å². The second-order valence-electron chi connectivity index (χ2n) is 4.92. The third-order valence-corrected chi connectivity index (χ3v) is 2.81. The number of hydrogen-bond donors (Lipinski definition) is 0. The summed E-state index contributed by atoms with van der Waals surface area (Å²) in [7, 11) is 34.8. The van der Waals surface area contributed by atoms with Gasteiger partial charge in [-0.2, -0.15) is 0 Å². The maximum atomic E-state index is 10.9. The van der Waals surface area contributed by atoms with E-state index in [1.165, 1.54) is 14.2 Å². The van der Waals surface area contributed by atoms with Crippen molar-refractivity contribution in [2.75, 3.05) is 7.11 Å². The summed E-state index contributed by atoms with van der Waals surface area (Å²) < 4.78 is 4.42. The van der Waals surface area contributed by atoms with Gasteiger partial charge in [-0.3, -0.25) is 4.79 Å². The van der Waals surface area contributed by atoms with Crippen LogP contribution in [0.3, 0.4) is 0 Å². The summed E-state index contributed by atoms with van der Waals surface area (Å²) >= 11 is 0. The topological polar surface area (TPSA) is 75.1 Å². The summed E-state index contributed by atoms with van der Waals surface area (Å²) in [5.74, 6) is -0.517. The van der Waals surface area contributed by atoms with E-state index in [1.54, 1.807) is 13.8 Å². The minimum atomic E-state index is -0.704. The fraction of sp³-hybridized carbons (Fsp3) is 0.833. The average Bonchev–Trinajstić information content (AvgIpc) is 2.43. The number of azide groups is 1. The number of rotatable bonds is 7. The van der Waals surface area contributed by atoms with Crippen molar-refractivity contribution in [3.8, 4) is 0 Å². The molecule has 5 nitrogen and oxygen atoms in total. The van der Waals surface area contributed by atoms with E-state index in [-0.39, 0.29) is 12.3 Å². The molecular weight excluding hydrogens is 265 g/mol. The molecule has 13 radical (unpaired) electrons. The molecule has 0 spiro atoms. The smallest absolute Gasteiger partial charge is 0.314 e. The number of nitrogens with zero attached hydrogens (tertiary/aromatic N) is 3. The maximum absolute atomic E-state index is 10.9. The number of esters is 1. The molecule has 16 heteroatoms. The van der Waals surface area contributed by atoms with Crippen molar-refractivity contribution in [1.29, 1.82) is 0 Å². The first-order chi connectivity index (χ1) is 10.1. The Labute approximate surface area is 143 Å². The van der Waals surface area contributed by atoms with Crippen LogP contribution in [0.4, 0.5) is 0 Å². The molecule has 0 heterocycles. The molecule has 0 aliphatic rings. The summed E-state index contributed by atoms with van der Waals surface area (Å²) in [6, 6.07) is -0.704. The summed E-state index contributed by atoms with van der Waals surface area (Å²) in [6.07, 6.45) is -2.15. The van der Waals surface area contributed by atoms with Gasteiger partial charge in [0, 0.05) is 83.9 Å². The fourth-order valence-electron chi connectivity index (χ4n) is 1.53. The van der Waals surface area contributed by atoms with E-state index in [2.05, 4.69) is 14.8 Å². The fourth-order valence-corrected chi connectivity index (χ4v) is 1.53. The minimum Gasteiger partial charge on any atom is -0.469 e. The molecule has 0 aliphatic heterocycles. The van der Waals surface area contributed by atoms with Gasteiger partial charge in [-0.05, 0) is 11.4 Å². The van der Waals surface area contributed by atoms with Gasteiger partial charge in [0.15, 0.2) is 0 Å². The lowest BCUT2D eigenvalue weighted by molar-refractivity contribution is -0.143. The monoisotopic (exact) mass is 278 g/mol. The van der Waals surface area contributed by atoms with E-state index in [0.717, 1.165) is 0 Å². The molecule has 0 rings (SSSR count). The molecule has 0 aromatic rings. The molecule has 95 valence electrons. The van der Waals surface area contributed by atoms with Crippen LogP contribution in [0.2, 0.25) is 0 Å². The largest absolute Gasteiger partial charge is 0.469 e. The molecule has 0 N–H and O–H groups in total. The highest BCUT2D eigenvalue weighted by Gasteiger charge is 2.26. The molecular formula is C6H11B11N3O2. The molecule has 0 fully saturated rings. The predicted octanol–water partition coefficient (Wildman–Crippen LogP) is -2.69. The third-order valence-electron chi connectivity index (χ3n) is 2.81. The number of methoxy groups -OCH3 is 1. The zero-order valence-electron chi connectivity index (χ0n) is 13.2. The summed E-state index contributed by atoms with van der Waals surface area (Å²) in [5.41, 5.74) is 8.08. The lowest BCUT2D eigenvalue weighted by Crippen LogP contribution is -2.63. The third kappa shape index (κ3) is 9.50. The van der Waals surface area contributed by atoms with Crippen LogP contribution in [-0.4, -0.2) is 98.1 Å². The van der Waals surface area contributed by atoms with E-state index in [9.17, 15) is 4.79 Å². The van der Waals surface area contributed by atoms with Gasteiger partial charge in [-0.1, -0.05) is 19.0 Å². The van der Waals surface area contributed by atoms with Crippen molar-refractivity contribution in [2.45, 2.75) is 19.9 Å². The van der Waals surface area contributed by atoms with Crippen LogP contribution in [0, 0.1) is 5.92 Å². The zero-order valence-corrected chi connectivity index (χ0v) is 13.2. The van der Waals surface area contributed by atoms with Crippen LogP contribution in [0.15, 0.2) is 5.11 Å². The molecule has 22 heavy (non-hydrogen) atoms. The first kappa shape index (κ1) is 23.8. The molecule has 0 amide bonds. The van der Waals surface area contributed by atoms with Gasteiger partial charge in [0.25, 0.3) is 0 Å². The standard InChI is InChI=1S/C6H11N3O2.B11/c1-4(2)5(8-9-7)6(10)11-3;1-7-10(6)11(8(2)3)9(4)5/h4-5H,1-3H3;/t5-;/m1./s1. The Morgan fingerprint density at radius 2 is 1.68 bits per heavy atom. The minimum absolute atomic E-state index is 0.0293. The average molecular weight is 276 g/mol. The van der Waals surface area contributed by atoms with Crippen molar-refractivity contribution >= 4 is 85.0 Å². The van der Waals surface area contributed by atoms with E-state index in [0.29, 0.717) is 0 Å². The van der Waals surface area contributed by atoms with Crippen molar-refractivity contribution < 1.29 is 9.53 Å². The Balaban J connectivity index is 0. The molecule has 0 aromatic carbocycles. The number of ether oxygens (including phenoxy) is 1. The Bertz CT molecular complexity index is 356. The maximum Gasteiger partial charge on any atom is 0.314 e. The molecule has 0 aliphatic carbocycles. The van der Waals surface area contributed by atoms with Crippen molar-refractivity contribution in [2.24, 2.45) is 11.0 Å². The lowest BCUT2D eigenvalue weighted by Gasteiger charge is -2.25. The second-order valence-corrected chi connectivity index (χ2v) is 4.92. The van der Waals surface area contributed by atoms with E-state index in [4.69, 9.17) is 52.0 Å². The first-order valence-electron chi connectivity index (χ1n) is 6.58. The zero-order chi connectivity index (χ0) is 17.9. The summed E-state index contributed by atoms with van der Waals surface area (Å²) in [4.78, 5) is 13.4. The van der Waals surface area contributed by atoms with E-state index < -0.39 is 31.2 Å². The van der Waals surface area contributed by atoms with Gasteiger partial charge >= 0.3 is 5.97 Å². The molecule has 0 bridgehead atoms. The van der Waals surface area contributed by atoms with Gasteiger partial charge in [-0.25, -0.2) is 0 Å². The van der Waals surface area contributed by atoms with E-state index in [1.807, 2.05) is 0 Å². The van der Waals surface area contributed by atoms with Gasteiger partial charge in [0.1, 0.15) is 6.04 Å². The normalized spacial score (nSPS) is 10.2. The van der Waals surface area contributed by atoms with Crippen molar-refractivity contribution in [3.05, 3.63) is 10.4 Å². The number of hydrogen-bond acceptors (Lipinski definition) is 3.